The van der Waals surface area contributed by atoms with Crippen molar-refractivity contribution < 1.29 is 4.74 Å². The molecule has 309 valence electrons. The molecule has 9 aromatic carbocycles. The number of fused-ring (bicyclic) bond motifs is 11. The summed E-state index contributed by atoms with van der Waals surface area (Å²) in [6, 6.07) is 73.6. The summed E-state index contributed by atoms with van der Waals surface area (Å²) in [5.74, 6) is 0.159. The first-order chi connectivity index (χ1) is 33.3. The fourth-order valence-corrected chi connectivity index (χ4v) is 11.4. The summed E-state index contributed by atoms with van der Waals surface area (Å²) in [6.45, 7) is 2.00. The van der Waals surface area contributed by atoms with Gasteiger partial charge < -0.3 is 0 Å². The number of nitrogens with zero attached hydrogens (tertiary/aromatic N) is 1. The van der Waals surface area contributed by atoms with Crippen LogP contribution >= 0.6 is 0 Å². The molecule has 2 aliphatic carbocycles. The molecule has 12 rings (SSSR count). The predicted octanol–water partition coefficient (Wildman–Crippen LogP) is 12.2. The van der Waals surface area contributed by atoms with Crippen molar-refractivity contribution in [2.24, 2.45) is 0 Å². The molecule has 0 fully saturated rings. The van der Waals surface area contributed by atoms with Gasteiger partial charge in [0.1, 0.15) is 0 Å². The van der Waals surface area contributed by atoms with Crippen LogP contribution in [0, 0.1) is 0 Å². The second kappa shape index (κ2) is 16.4. The van der Waals surface area contributed by atoms with Gasteiger partial charge in [0, 0.05) is 11.4 Å². The normalized spacial score (nSPS) is 15.9. The summed E-state index contributed by atoms with van der Waals surface area (Å²) in [7, 11) is 33.3. The first kappa shape index (κ1) is 41.9. The molecule has 1 spiro atoms. The van der Waals surface area contributed by atoms with E-state index in [0.717, 1.165) is 67.1 Å². The summed E-state index contributed by atoms with van der Waals surface area (Å²) < 4.78 is 7.10. The number of hydrogen-bond acceptors (Lipinski definition) is 2. The quantitative estimate of drug-likeness (QED) is 0.141. The van der Waals surface area contributed by atoms with E-state index in [1.54, 1.807) is 0 Å². The fraction of sp³-hybridized carbons (Fsp3) is 0.0656. The van der Waals surface area contributed by atoms with Gasteiger partial charge in [-0.15, -0.1) is 0 Å². The molecule has 2 atom stereocenters. The molecule has 0 bridgehead atoms. The van der Waals surface area contributed by atoms with Gasteiger partial charge in [-0.2, -0.15) is 0 Å². The van der Waals surface area contributed by atoms with E-state index >= 15 is 0 Å². The molecule has 2 nitrogen and oxygen atoms in total. The second-order valence-electron chi connectivity index (χ2n) is 18.0. The molecule has 0 N–H and O–H groups in total. The molecule has 0 saturated carbocycles. The van der Waals surface area contributed by atoms with Crippen LogP contribution in [0.4, 0.5) is 17.1 Å². The van der Waals surface area contributed by atoms with E-state index in [0.29, 0.717) is 16.7 Å². The van der Waals surface area contributed by atoms with Gasteiger partial charge in [0.05, 0.1) is 0 Å². The maximum atomic E-state index is 7.62. The molecule has 1 heterocycles. The van der Waals surface area contributed by atoms with Crippen LogP contribution < -0.4 is 15.1 Å². The molecule has 3 aliphatic rings. The minimum absolute atomic E-state index is 0.0453. The van der Waals surface area contributed by atoms with E-state index < -0.39 is 17.4 Å². The second-order valence-corrected chi connectivity index (χ2v) is 18.0. The Morgan fingerprint density at radius 2 is 0.868 bits per heavy atom. The molecule has 7 heteroatoms. The van der Waals surface area contributed by atoms with Gasteiger partial charge >= 0.3 is 252 Å². The molecule has 9 radical (unpaired) electrons. The number of hydrogen-bond donors (Lipinski definition) is 0. The van der Waals surface area contributed by atoms with Crippen LogP contribution in [0.2, 0.25) is 0 Å². The number of ether oxygens (including phenoxy) is 1. The Morgan fingerprint density at radius 3 is 1.34 bits per heavy atom. The van der Waals surface area contributed by atoms with Crippen molar-refractivity contribution in [2.45, 2.75) is 24.4 Å². The van der Waals surface area contributed by atoms with E-state index in [1.807, 2.05) is 19.1 Å². The maximum absolute atomic E-state index is 7.62. The summed E-state index contributed by atoms with van der Waals surface area (Å²) in [5, 5.41) is -0.0453. The summed E-state index contributed by atoms with van der Waals surface area (Å²) >= 11 is 0. The molecule has 9 aromatic rings. The van der Waals surface area contributed by atoms with Gasteiger partial charge in [-0.1, -0.05) is 97.1 Å². The molecule has 1 aliphatic heterocycles. The van der Waals surface area contributed by atoms with Gasteiger partial charge in [0.2, 0.25) is 0 Å². The predicted molar refractivity (Wildman–Crippen MR) is 287 cm³/mol. The molecule has 2 unspecified atom stereocenters. The molecule has 0 saturated heterocycles. The Morgan fingerprint density at radius 1 is 0.471 bits per heavy atom. The standard InChI is InChI=1S/C61H39B5NO/c1-36-51(57(63)58(64)60(65)66)54-56(62)53-47-20-10-13-23-50(47)61(48-21-11-8-18-45(48)46-19-9-12-22-49(46)61)55(53)52(59(54)68-36)41-28-34-44(35-29-41)67(42-30-24-39(25-31-42)37-14-4-2-5-15-37)43-32-26-40(27-33-43)38-16-6-3-7-17-38/h2-36,51H,1H3/b58-57-. The zero-order valence-corrected chi connectivity index (χ0v) is 37.5. The topological polar surface area (TPSA) is 12.5 Å². The van der Waals surface area contributed by atoms with Crippen molar-refractivity contribution in [3.05, 3.63) is 245 Å². The van der Waals surface area contributed by atoms with E-state index in [4.69, 9.17) is 43.6 Å². The molecule has 0 amide bonds. The van der Waals surface area contributed by atoms with Crippen LogP contribution in [-0.2, 0) is 5.41 Å². The Hall–Kier alpha value is -7.49. The van der Waals surface area contributed by atoms with Gasteiger partial charge in [-0.05, 0) is 46.5 Å². The number of benzene rings is 9. The van der Waals surface area contributed by atoms with Gasteiger partial charge in [0.15, 0.2) is 0 Å². The Balaban J connectivity index is 1.09. The van der Waals surface area contributed by atoms with Gasteiger partial charge in [-0.3, -0.25) is 0 Å². The monoisotopic (exact) mass is 856 g/mol. The van der Waals surface area contributed by atoms with E-state index in [9.17, 15) is 0 Å². The third-order valence-electron chi connectivity index (χ3n) is 14.4. The van der Waals surface area contributed by atoms with Crippen LogP contribution in [0.1, 0.15) is 40.7 Å². The van der Waals surface area contributed by atoms with Crippen LogP contribution in [0.15, 0.2) is 217 Å². The summed E-state index contributed by atoms with van der Waals surface area (Å²) in [5.41, 5.74) is 19.8. The van der Waals surface area contributed by atoms with Crippen LogP contribution in [0.25, 0.3) is 55.6 Å². The van der Waals surface area contributed by atoms with Gasteiger partial charge in [0.25, 0.3) is 0 Å². The molecular formula is C61H39B5NO. The van der Waals surface area contributed by atoms with Gasteiger partial charge in [-0.25, -0.2) is 0 Å². The van der Waals surface area contributed by atoms with E-state index in [-0.39, 0.29) is 10.8 Å². The van der Waals surface area contributed by atoms with Crippen molar-refractivity contribution in [1.29, 1.82) is 0 Å². The summed E-state index contributed by atoms with van der Waals surface area (Å²) in [4.78, 5) is 2.31. The third-order valence-corrected chi connectivity index (χ3v) is 14.4. The molecular weight excluding hydrogens is 817 g/mol. The average molecular weight is 856 g/mol. The van der Waals surface area contributed by atoms with E-state index in [2.05, 4.69) is 199 Å². The van der Waals surface area contributed by atoms with E-state index in [1.165, 1.54) is 33.4 Å². The Labute approximate surface area is 405 Å². The fourth-order valence-electron chi connectivity index (χ4n) is 11.4. The number of rotatable bonds is 8. The van der Waals surface area contributed by atoms with Crippen molar-refractivity contribution >= 4 is 66.8 Å². The Bertz CT molecular complexity index is 3370. The zero-order valence-electron chi connectivity index (χ0n) is 37.5. The third kappa shape index (κ3) is 6.28. The van der Waals surface area contributed by atoms with Crippen LogP contribution in [0.5, 0.6) is 5.75 Å². The first-order valence-corrected chi connectivity index (χ1v) is 23.1. The molecule has 68 heavy (non-hydrogen) atoms. The minimum atomic E-state index is -0.718. The Kier molecular flexibility index (Phi) is 10.1. The van der Waals surface area contributed by atoms with Crippen LogP contribution in [-0.4, -0.2) is 50.3 Å². The number of anilines is 3. The SMILES string of the molecule is [B]C(=[B])/C([B])=C(/[B])C1c2c([B])c3c(c(-c4ccc(N(c5ccc(-c6ccccc6)cc5)c5ccc(-c6ccccc6)cc5)cc4)c2OC1C)C1(c2ccccc2-c2ccccc21)c1ccccc1-3. The van der Waals surface area contributed by atoms with Crippen molar-refractivity contribution in [2.75, 3.05) is 4.90 Å². The zero-order chi connectivity index (χ0) is 46.3. The van der Waals surface area contributed by atoms with Crippen molar-refractivity contribution in [3.63, 3.8) is 0 Å². The summed E-state index contributed by atoms with van der Waals surface area (Å²) in [6.07, 6.45) is -0.437. The molecule has 0 aromatic heterocycles. The first-order valence-electron chi connectivity index (χ1n) is 23.1. The van der Waals surface area contributed by atoms with Crippen molar-refractivity contribution in [3.8, 4) is 61.4 Å². The van der Waals surface area contributed by atoms with Crippen molar-refractivity contribution in [1.82, 2.24) is 0 Å². The number of allylic oxidation sites excluding steroid dienone is 1. The average Bonchev–Trinajstić information content (AvgIpc) is 4.01. The van der Waals surface area contributed by atoms with Crippen LogP contribution in [0.3, 0.4) is 0 Å².